The third-order valence-corrected chi connectivity index (χ3v) is 3.02. The van der Waals surface area contributed by atoms with Crippen molar-refractivity contribution < 1.29 is 4.74 Å². The summed E-state index contributed by atoms with van der Waals surface area (Å²) >= 11 is 0. The molecule has 0 spiro atoms. The van der Waals surface area contributed by atoms with E-state index in [-0.39, 0.29) is 0 Å². The van der Waals surface area contributed by atoms with Crippen LogP contribution in [0.2, 0.25) is 0 Å². The number of rotatable bonds is 5. The van der Waals surface area contributed by atoms with Crippen molar-refractivity contribution in [2.75, 3.05) is 19.1 Å². The first-order chi connectivity index (χ1) is 9.22. The topological polar surface area (TPSA) is 51.4 Å². The Balaban J connectivity index is 2.08. The lowest BCUT2D eigenvalue weighted by atomic mass is 10.2. The van der Waals surface area contributed by atoms with Gasteiger partial charge in [0.1, 0.15) is 5.75 Å². The monoisotopic (exact) mass is 257 g/mol. The number of nitrogens with zero attached hydrogens (tertiary/aromatic N) is 2. The summed E-state index contributed by atoms with van der Waals surface area (Å²) in [4.78, 5) is 6.38. The molecule has 2 N–H and O–H groups in total. The normalized spacial score (nSPS) is 10.3. The van der Waals surface area contributed by atoms with Gasteiger partial charge in [0.2, 0.25) is 0 Å². The van der Waals surface area contributed by atoms with Gasteiger partial charge in [-0.3, -0.25) is 4.98 Å². The zero-order valence-corrected chi connectivity index (χ0v) is 11.3. The Kier molecular flexibility index (Phi) is 4.36. The number of ether oxygens (including phenoxy) is 1. The number of anilines is 1. The number of nitrogens with two attached hydrogens (primary N) is 1. The molecule has 0 aliphatic rings. The van der Waals surface area contributed by atoms with Crippen molar-refractivity contribution in [3.63, 3.8) is 0 Å². The quantitative estimate of drug-likeness (QED) is 0.892. The van der Waals surface area contributed by atoms with Gasteiger partial charge >= 0.3 is 0 Å². The van der Waals surface area contributed by atoms with E-state index < -0.39 is 0 Å². The van der Waals surface area contributed by atoms with Gasteiger partial charge in [0, 0.05) is 32.0 Å². The lowest BCUT2D eigenvalue weighted by Gasteiger charge is -2.19. The Bertz CT molecular complexity index is 525. The number of hydrogen-bond donors (Lipinski definition) is 1. The van der Waals surface area contributed by atoms with Crippen LogP contribution in [0.4, 0.5) is 5.69 Å². The van der Waals surface area contributed by atoms with Crippen molar-refractivity contribution in [1.29, 1.82) is 0 Å². The van der Waals surface area contributed by atoms with Crippen molar-refractivity contribution in [2.45, 2.75) is 13.1 Å². The maximum atomic E-state index is 5.60. The largest absolute Gasteiger partial charge is 0.497 e. The van der Waals surface area contributed by atoms with Gasteiger partial charge in [-0.05, 0) is 42.0 Å². The Labute approximate surface area is 113 Å². The molecule has 0 saturated heterocycles. The molecule has 4 nitrogen and oxygen atoms in total. The number of hydrogen-bond acceptors (Lipinski definition) is 4. The van der Waals surface area contributed by atoms with Crippen LogP contribution in [-0.4, -0.2) is 19.1 Å². The van der Waals surface area contributed by atoms with E-state index in [0.717, 1.165) is 23.7 Å². The second-order valence-corrected chi connectivity index (χ2v) is 4.41. The van der Waals surface area contributed by atoms with E-state index in [1.165, 1.54) is 5.56 Å². The maximum absolute atomic E-state index is 5.60. The Morgan fingerprint density at radius 3 is 2.58 bits per heavy atom. The second-order valence-electron chi connectivity index (χ2n) is 4.41. The van der Waals surface area contributed by atoms with Crippen LogP contribution in [0.5, 0.6) is 5.75 Å². The lowest BCUT2D eigenvalue weighted by Crippen LogP contribution is -2.16. The van der Waals surface area contributed by atoms with E-state index in [2.05, 4.69) is 16.9 Å². The van der Waals surface area contributed by atoms with Crippen LogP contribution in [0.25, 0.3) is 0 Å². The SMILES string of the molecule is COc1ccc(N(C)Cc2ccnc(CN)c2)cc1. The van der Waals surface area contributed by atoms with E-state index >= 15 is 0 Å². The third-order valence-electron chi connectivity index (χ3n) is 3.02. The number of methoxy groups -OCH3 is 1. The summed E-state index contributed by atoms with van der Waals surface area (Å²) in [7, 11) is 3.73. The number of benzene rings is 1. The molecule has 0 amide bonds. The van der Waals surface area contributed by atoms with Crippen LogP contribution in [0, 0.1) is 0 Å². The van der Waals surface area contributed by atoms with Gasteiger partial charge in [-0.1, -0.05) is 0 Å². The maximum Gasteiger partial charge on any atom is 0.119 e. The number of aromatic nitrogens is 1. The summed E-state index contributed by atoms with van der Waals surface area (Å²) in [6.45, 7) is 1.29. The molecule has 19 heavy (non-hydrogen) atoms. The first-order valence-corrected chi connectivity index (χ1v) is 6.22. The summed E-state index contributed by atoms with van der Waals surface area (Å²) in [6, 6.07) is 12.1. The summed E-state index contributed by atoms with van der Waals surface area (Å²) in [6.07, 6.45) is 1.80. The molecule has 0 aliphatic carbocycles. The molecule has 0 bridgehead atoms. The first kappa shape index (κ1) is 13.4. The zero-order valence-electron chi connectivity index (χ0n) is 11.3. The van der Waals surface area contributed by atoms with Gasteiger partial charge in [-0.25, -0.2) is 0 Å². The van der Waals surface area contributed by atoms with Crippen molar-refractivity contribution in [3.8, 4) is 5.75 Å². The van der Waals surface area contributed by atoms with Crippen LogP contribution in [0.1, 0.15) is 11.3 Å². The van der Waals surface area contributed by atoms with Crippen molar-refractivity contribution in [1.82, 2.24) is 4.98 Å². The fourth-order valence-electron chi connectivity index (χ4n) is 1.94. The Hall–Kier alpha value is -2.07. The van der Waals surface area contributed by atoms with Gasteiger partial charge in [-0.2, -0.15) is 0 Å². The zero-order chi connectivity index (χ0) is 13.7. The summed E-state index contributed by atoms with van der Waals surface area (Å²) in [5.74, 6) is 0.867. The van der Waals surface area contributed by atoms with Crippen LogP contribution in [0.15, 0.2) is 42.6 Å². The molecule has 0 saturated carbocycles. The van der Waals surface area contributed by atoms with Crippen LogP contribution < -0.4 is 15.4 Å². The first-order valence-electron chi connectivity index (χ1n) is 6.22. The van der Waals surface area contributed by atoms with Crippen molar-refractivity contribution in [2.24, 2.45) is 5.73 Å². The molecular formula is C15H19N3O. The Morgan fingerprint density at radius 1 is 1.21 bits per heavy atom. The molecular weight excluding hydrogens is 238 g/mol. The highest BCUT2D eigenvalue weighted by Crippen LogP contribution is 2.19. The fourth-order valence-corrected chi connectivity index (χ4v) is 1.94. The Morgan fingerprint density at radius 2 is 1.95 bits per heavy atom. The van der Waals surface area contributed by atoms with E-state index in [4.69, 9.17) is 10.5 Å². The molecule has 0 radical (unpaired) electrons. The van der Waals surface area contributed by atoms with Crippen molar-refractivity contribution >= 4 is 5.69 Å². The third kappa shape index (κ3) is 3.45. The minimum absolute atomic E-state index is 0.472. The molecule has 0 atom stereocenters. The molecule has 2 aromatic rings. The van der Waals surface area contributed by atoms with Crippen molar-refractivity contribution in [3.05, 3.63) is 53.9 Å². The fraction of sp³-hybridized carbons (Fsp3) is 0.267. The van der Waals surface area contributed by atoms with E-state index in [1.807, 2.05) is 36.4 Å². The highest BCUT2D eigenvalue weighted by molar-refractivity contribution is 5.48. The highest BCUT2D eigenvalue weighted by atomic mass is 16.5. The number of pyridine rings is 1. The molecule has 0 fully saturated rings. The summed E-state index contributed by atoms with van der Waals surface area (Å²) < 4.78 is 5.16. The van der Waals surface area contributed by atoms with E-state index in [0.29, 0.717) is 6.54 Å². The minimum atomic E-state index is 0.472. The summed E-state index contributed by atoms with van der Waals surface area (Å²) in [5, 5.41) is 0. The molecule has 2 rings (SSSR count). The average molecular weight is 257 g/mol. The van der Waals surface area contributed by atoms with Gasteiger partial charge in [0.15, 0.2) is 0 Å². The second kappa shape index (κ2) is 6.20. The smallest absolute Gasteiger partial charge is 0.119 e. The van der Waals surface area contributed by atoms with Crippen LogP contribution in [-0.2, 0) is 13.1 Å². The predicted octanol–water partition coefficient (Wildman–Crippen LogP) is 2.19. The average Bonchev–Trinajstić information content (AvgIpc) is 2.47. The molecule has 0 unspecified atom stereocenters. The molecule has 0 aliphatic heterocycles. The lowest BCUT2D eigenvalue weighted by molar-refractivity contribution is 0.415. The molecule has 1 heterocycles. The molecule has 1 aromatic carbocycles. The van der Waals surface area contributed by atoms with E-state index in [9.17, 15) is 0 Å². The van der Waals surface area contributed by atoms with E-state index in [1.54, 1.807) is 13.3 Å². The van der Waals surface area contributed by atoms with Crippen LogP contribution in [0.3, 0.4) is 0 Å². The molecule has 1 aromatic heterocycles. The predicted molar refractivity (Wildman–Crippen MR) is 77.2 cm³/mol. The van der Waals surface area contributed by atoms with Gasteiger partial charge < -0.3 is 15.4 Å². The van der Waals surface area contributed by atoms with Crippen LogP contribution >= 0.6 is 0 Å². The standard InChI is InChI=1S/C15H19N3O/c1-18(14-3-5-15(19-2)6-4-14)11-12-7-8-17-13(9-12)10-16/h3-9H,10-11,16H2,1-2H3. The van der Waals surface area contributed by atoms with Gasteiger partial charge in [-0.15, -0.1) is 0 Å². The highest BCUT2D eigenvalue weighted by Gasteiger charge is 2.03. The van der Waals surface area contributed by atoms with Gasteiger partial charge in [0.25, 0.3) is 0 Å². The summed E-state index contributed by atoms with van der Waals surface area (Å²) in [5.41, 5.74) is 8.87. The van der Waals surface area contributed by atoms with Gasteiger partial charge in [0.05, 0.1) is 12.8 Å². The molecule has 4 heteroatoms. The molecule has 100 valence electrons. The minimum Gasteiger partial charge on any atom is -0.497 e.